The van der Waals surface area contributed by atoms with Crippen molar-refractivity contribution in [2.75, 3.05) is 0 Å². The normalized spacial score (nSPS) is 14.9. The van der Waals surface area contributed by atoms with Crippen molar-refractivity contribution in [1.82, 2.24) is 0 Å². The van der Waals surface area contributed by atoms with Gasteiger partial charge in [0.2, 0.25) is 0 Å². The average molecular weight is 154 g/mol. The third-order valence-corrected chi connectivity index (χ3v) is 1.66. The zero-order chi connectivity index (χ0) is 8.74. The van der Waals surface area contributed by atoms with Crippen molar-refractivity contribution in [3.05, 3.63) is 0 Å². The van der Waals surface area contributed by atoms with Crippen LogP contribution < -0.4 is 0 Å². The molecule has 0 aliphatic rings. The third kappa shape index (κ3) is 5.94. The lowest BCUT2D eigenvalue weighted by Crippen LogP contribution is -2.20. The molecule has 0 spiro atoms. The van der Waals surface area contributed by atoms with Crippen LogP contribution in [0.5, 0.6) is 0 Å². The Bertz CT molecular complexity index is 148. The molecule has 0 aliphatic heterocycles. The van der Waals surface area contributed by atoms with E-state index in [-0.39, 0.29) is 0 Å². The van der Waals surface area contributed by atoms with Crippen molar-refractivity contribution < 1.29 is 5.11 Å². The lowest BCUT2D eigenvalue weighted by molar-refractivity contribution is 0.109. The molecule has 0 amide bonds. The van der Waals surface area contributed by atoms with Crippen molar-refractivity contribution in [2.24, 2.45) is 0 Å². The van der Waals surface area contributed by atoms with Gasteiger partial charge >= 0.3 is 0 Å². The first-order chi connectivity index (χ1) is 5.12. The molecule has 0 heterocycles. The maximum absolute atomic E-state index is 9.57. The Morgan fingerprint density at radius 3 is 2.45 bits per heavy atom. The van der Waals surface area contributed by atoms with Gasteiger partial charge in [-0.3, -0.25) is 0 Å². The predicted octanol–water partition coefficient (Wildman–Crippen LogP) is 2.34. The molecule has 0 aromatic rings. The highest BCUT2D eigenvalue weighted by Crippen LogP contribution is 2.12. The molecule has 0 bridgehead atoms. The van der Waals surface area contributed by atoms with Crippen molar-refractivity contribution in [3.63, 3.8) is 0 Å². The molecule has 1 atom stereocenters. The van der Waals surface area contributed by atoms with Gasteiger partial charge in [-0.2, -0.15) is 0 Å². The summed E-state index contributed by atoms with van der Waals surface area (Å²) in [6.45, 7) is 5.69. The smallest absolute Gasteiger partial charge is 0.122 e. The summed E-state index contributed by atoms with van der Waals surface area (Å²) in [5.41, 5.74) is -0.760. The lowest BCUT2D eigenvalue weighted by Gasteiger charge is -2.15. The maximum Gasteiger partial charge on any atom is 0.122 e. The summed E-state index contributed by atoms with van der Waals surface area (Å²) in [6, 6.07) is 0. The van der Waals surface area contributed by atoms with Crippen molar-refractivity contribution in [3.8, 4) is 11.8 Å². The monoisotopic (exact) mass is 154 g/mol. The summed E-state index contributed by atoms with van der Waals surface area (Å²) in [7, 11) is 0. The molecule has 1 N–H and O–H groups in total. The van der Waals surface area contributed by atoms with Gasteiger partial charge in [-0.25, -0.2) is 0 Å². The van der Waals surface area contributed by atoms with E-state index in [1.807, 2.05) is 0 Å². The highest BCUT2D eigenvalue weighted by Gasteiger charge is 2.14. The minimum atomic E-state index is -0.760. The zero-order valence-electron chi connectivity index (χ0n) is 7.78. The third-order valence-electron chi connectivity index (χ3n) is 1.66. The van der Waals surface area contributed by atoms with Crippen LogP contribution in [0.2, 0.25) is 0 Å². The van der Waals surface area contributed by atoms with Gasteiger partial charge in [0.1, 0.15) is 5.60 Å². The predicted molar refractivity (Wildman–Crippen MR) is 48.2 cm³/mol. The highest BCUT2D eigenvalue weighted by molar-refractivity contribution is 5.09. The molecular formula is C10H18O. The Morgan fingerprint density at radius 1 is 1.36 bits per heavy atom. The second-order valence-corrected chi connectivity index (χ2v) is 3.11. The Hall–Kier alpha value is -0.480. The van der Waals surface area contributed by atoms with Crippen LogP contribution in [0.25, 0.3) is 0 Å². The standard InChI is InChI=1S/C10H18O/c1-4-6-7-9-10(3,11)8-5-2/h11H,4,6-7,9H2,1-3H3/t10-/m0/s1. The Labute approximate surface area is 69.8 Å². The van der Waals surface area contributed by atoms with E-state index in [0.29, 0.717) is 0 Å². The molecule has 0 rings (SSSR count). The first kappa shape index (κ1) is 10.5. The molecule has 64 valence electrons. The number of unbranched alkanes of at least 4 members (excludes halogenated alkanes) is 2. The molecule has 11 heavy (non-hydrogen) atoms. The average Bonchev–Trinajstić information content (AvgIpc) is 1.87. The van der Waals surface area contributed by atoms with Gasteiger partial charge in [-0.15, -0.1) is 5.92 Å². The summed E-state index contributed by atoms with van der Waals surface area (Å²) in [4.78, 5) is 0. The van der Waals surface area contributed by atoms with Gasteiger partial charge in [-0.1, -0.05) is 25.7 Å². The van der Waals surface area contributed by atoms with E-state index in [1.54, 1.807) is 13.8 Å². The van der Waals surface area contributed by atoms with Crippen LogP contribution in [0.3, 0.4) is 0 Å². The van der Waals surface area contributed by atoms with Gasteiger partial charge in [0, 0.05) is 0 Å². The summed E-state index contributed by atoms with van der Waals surface area (Å²) >= 11 is 0. The van der Waals surface area contributed by atoms with Crippen LogP contribution in [0.15, 0.2) is 0 Å². The molecule has 1 nitrogen and oxygen atoms in total. The highest BCUT2D eigenvalue weighted by atomic mass is 16.3. The summed E-state index contributed by atoms with van der Waals surface area (Å²) in [6.07, 6.45) is 4.23. The van der Waals surface area contributed by atoms with Crippen LogP contribution in [0.1, 0.15) is 46.5 Å². The van der Waals surface area contributed by atoms with Crippen molar-refractivity contribution >= 4 is 0 Å². The molecule has 0 aliphatic carbocycles. The molecule has 0 radical (unpaired) electrons. The minimum absolute atomic E-state index is 0.760. The minimum Gasteiger partial charge on any atom is -0.378 e. The molecule has 0 saturated heterocycles. The molecule has 0 saturated carbocycles. The van der Waals surface area contributed by atoms with Crippen LogP contribution >= 0.6 is 0 Å². The second-order valence-electron chi connectivity index (χ2n) is 3.11. The van der Waals surface area contributed by atoms with Gasteiger partial charge in [0.05, 0.1) is 0 Å². The van der Waals surface area contributed by atoms with E-state index in [4.69, 9.17) is 0 Å². The fourth-order valence-electron chi connectivity index (χ4n) is 1.05. The molecule has 1 heteroatoms. The topological polar surface area (TPSA) is 20.2 Å². The Kier molecular flexibility index (Phi) is 4.98. The number of hydrogen-bond donors (Lipinski definition) is 1. The van der Waals surface area contributed by atoms with Gasteiger partial charge in [-0.05, 0) is 26.7 Å². The summed E-state index contributed by atoms with van der Waals surface area (Å²) in [5, 5.41) is 9.57. The molecular weight excluding hydrogens is 136 g/mol. The number of rotatable bonds is 4. The van der Waals surface area contributed by atoms with E-state index < -0.39 is 5.60 Å². The SMILES string of the molecule is CC#C[C@](C)(O)CCCCC. The fourth-order valence-corrected chi connectivity index (χ4v) is 1.05. The second kappa shape index (κ2) is 5.21. The van der Waals surface area contributed by atoms with Crippen LogP contribution in [-0.4, -0.2) is 10.7 Å². The number of hydrogen-bond acceptors (Lipinski definition) is 1. The van der Waals surface area contributed by atoms with E-state index >= 15 is 0 Å². The molecule has 0 aromatic heterocycles. The van der Waals surface area contributed by atoms with Crippen molar-refractivity contribution in [1.29, 1.82) is 0 Å². The first-order valence-electron chi connectivity index (χ1n) is 4.28. The van der Waals surface area contributed by atoms with E-state index in [2.05, 4.69) is 18.8 Å². The molecule has 0 unspecified atom stereocenters. The Balaban J connectivity index is 3.61. The maximum atomic E-state index is 9.57. The quantitative estimate of drug-likeness (QED) is 0.487. The van der Waals surface area contributed by atoms with Crippen LogP contribution in [0.4, 0.5) is 0 Å². The zero-order valence-corrected chi connectivity index (χ0v) is 7.78. The van der Waals surface area contributed by atoms with E-state index in [9.17, 15) is 5.11 Å². The fraction of sp³-hybridized carbons (Fsp3) is 0.800. The van der Waals surface area contributed by atoms with E-state index in [0.717, 1.165) is 12.8 Å². The van der Waals surface area contributed by atoms with Crippen molar-refractivity contribution in [2.45, 2.75) is 52.1 Å². The van der Waals surface area contributed by atoms with E-state index in [1.165, 1.54) is 12.8 Å². The van der Waals surface area contributed by atoms with Gasteiger partial charge < -0.3 is 5.11 Å². The van der Waals surface area contributed by atoms with Crippen LogP contribution in [-0.2, 0) is 0 Å². The van der Waals surface area contributed by atoms with Gasteiger partial charge in [0.25, 0.3) is 0 Å². The molecule has 0 fully saturated rings. The largest absolute Gasteiger partial charge is 0.378 e. The molecule has 0 aromatic carbocycles. The summed E-state index contributed by atoms with van der Waals surface area (Å²) in [5.74, 6) is 5.52. The number of aliphatic hydroxyl groups is 1. The Morgan fingerprint density at radius 2 is 2.00 bits per heavy atom. The lowest BCUT2D eigenvalue weighted by atomic mass is 9.99. The van der Waals surface area contributed by atoms with Gasteiger partial charge in [0.15, 0.2) is 0 Å². The first-order valence-corrected chi connectivity index (χ1v) is 4.28. The summed E-state index contributed by atoms with van der Waals surface area (Å²) < 4.78 is 0. The van der Waals surface area contributed by atoms with Crippen LogP contribution in [0, 0.1) is 11.8 Å².